The normalized spacial score (nSPS) is 12.6. The van der Waals surface area contributed by atoms with E-state index in [1.54, 1.807) is 49.5 Å². The highest BCUT2D eigenvalue weighted by Gasteiger charge is 2.26. The van der Waals surface area contributed by atoms with Gasteiger partial charge >= 0.3 is 0 Å². The summed E-state index contributed by atoms with van der Waals surface area (Å²) in [6.45, 7) is 0.192. The van der Waals surface area contributed by atoms with Crippen molar-refractivity contribution in [3.05, 3.63) is 77.6 Å². The summed E-state index contributed by atoms with van der Waals surface area (Å²) in [5, 5.41) is 2.88. The number of halogens is 1. The Balaban J connectivity index is 1.40. The highest BCUT2D eigenvalue weighted by Crippen LogP contribution is 2.35. The first-order chi connectivity index (χ1) is 16.5. The van der Waals surface area contributed by atoms with Crippen LogP contribution in [0.2, 0.25) is 0 Å². The van der Waals surface area contributed by atoms with Crippen LogP contribution in [-0.4, -0.2) is 32.6 Å². The molecule has 8 heteroatoms. The van der Waals surface area contributed by atoms with Crippen LogP contribution in [0.1, 0.15) is 17.5 Å². The monoisotopic (exact) mass is 464 g/mol. The molecule has 1 N–H and O–H groups in total. The molecule has 7 nitrogen and oxygen atoms in total. The van der Waals surface area contributed by atoms with Crippen molar-refractivity contribution in [2.24, 2.45) is 0 Å². The number of nitrogens with zero attached hydrogens (tertiary/aromatic N) is 1. The fraction of sp³-hybridized carbons (Fsp3) is 0.231. The zero-order valence-electron chi connectivity index (χ0n) is 19.0. The molecule has 1 aliphatic rings. The van der Waals surface area contributed by atoms with Crippen LogP contribution in [0, 0.1) is 5.82 Å². The second-order valence-electron chi connectivity index (χ2n) is 7.82. The van der Waals surface area contributed by atoms with E-state index in [-0.39, 0.29) is 30.7 Å². The van der Waals surface area contributed by atoms with Crippen molar-refractivity contribution in [1.82, 2.24) is 0 Å². The van der Waals surface area contributed by atoms with Crippen LogP contribution in [0.5, 0.6) is 17.2 Å². The molecule has 176 valence electrons. The lowest BCUT2D eigenvalue weighted by atomic mass is 10.1. The minimum absolute atomic E-state index is 0.106. The van der Waals surface area contributed by atoms with Gasteiger partial charge in [0.05, 0.1) is 26.5 Å². The van der Waals surface area contributed by atoms with Gasteiger partial charge in [-0.25, -0.2) is 4.39 Å². The molecular weight excluding hydrogens is 439 g/mol. The minimum atomic E-state index is -0.330. The molecule has 0 saturated heterocycles. The number of aryl methyl sites for hydroxylation is 1. The first kappa shape index (κ1) is 23.1. The number of hydrogen-bond acceptors (Lipinski definition) is 5. The Hall–Kier alpha value is -4.07. The van der Waals surface area contributed by atoms with Crippen LogP contribution in [0.4, 0.5) is 15.8 Å². The van der Waals surface area contributed by atoms with E-state index in [9.17, 15) is 14.0 Å². The summed E-state index contributed by atoms with van der Waals surface area (Å²) in [5.41, 5.74) is 2.93. The molecule has 3 aromatic rings. The molecule has 2 amide bonds. The summed E-state index contributed by atoms with van der Waals surface area (Å²) in [5.74, 6) is 1.08. The first-order valence-corrected chi connectivity index (χ1v) is 10.8. The average molecular weight is 464 g/mol. The molecule has 4 rings (SSSR count). The zero-order valence-corrected chi connectivity index (χ0v) is 19.0. The number of fused-ring (bicyclic) bond motifs is 1. The van der Waals surface area contributed by atoms with Gasteiger partial charge in [0, 0.05) is 18.2 Å². The number of hydrogen-bond donors (Lipinski definition) is 1. The molecule has 0 unspecified atom stereocenters. The summed E-state index contributed by atoms with van der Waals surface area (Å²) >= 11 is 0. The molecule has 1 aliphatic heterocycles. The van der Waals surface area contributed by atoms with Crippen LogP contribution in [-0.2, 0) is 22.6 Å². The maximum Gasteiger partial charge on any atom is 0.265 e. The van der Waals surface area contributed by atoms with Gasteiger partial charge in [-0.1, -0.05) is 18.2 Å². The van der Waals surface area contributed by atoms with Gasteiger partial charge in [0.1, 0.15) is 11.6 Å². The second-order valence-corrected chi connectivity index (χ2v) is 7.82. The van der Waals surface area contributed by atoms with Crippen LogP contribution in [0.3, 0.4) is 0 Å². The largest absolute Gasteiger partial charge is 0.493 e. The van der Waals surface area contributed by atoms with E-state index in [0.29, 0.717) is 41.6 Å². The van der Waals surface area contributed by atoms with Gasteiger partial charge < -0.3 is 24.4 Å². The number of anilines is 2. The molecular formula is C26H25FN2O5. The summed E-state index contributed by atoms with van der Waals surface area (Å²) < 4.78 is 29.3. The number of ether oxygens (including phenoxy) is 3. The number of rotatable bonds is 8. The highest BCUT2D eigenvalue weighted by molar-refractivity contribution is 5.99. The van der Waals surface area contributed by atoms with Crippen molar-refractivity contribution in [2.45, 2.75) is 19.4 Å². The Morgan fingerprint density at radius 2 is 1.74 bits per heavy atom. The highest BCUT2D eigenvalue weighted by atomic mass is 19.1. The van der Waals surface area contributed by atoms with E-state index in [0.717, 1.165) is 11.1 Å². The standard InChI is InChI=1S/C26H25FN2O5/c1-32-22-11-5-17(13-24(22)33-2)6-12-25(30)28-20-9-10-21-23(14-20)34-16-26(31)29(21)15-18-3-7-19(27)8-4-18/h3-5,7-11,13-14H,6,12,15-16H2,1-2H3,(H,28,30). The smallest absolute Gasteiger partial charge is 0.265 e. The molecule has 0 fully saturated rings. The summed E-state index contributed by atoms with van der Waals surface area (Å²) in [4.78, 5) is 26.5. The van der Waals surface area contributed by atoms with Gasteiger partial charge in [0.25, 0.3) is 5.91 Å². The molecule has 0 bridgehead atoms. The van der Waals surface area contributed by atoms with E-state index in [4.69, 9.17) is 14.2 Å². The van der Waals surface area contributed by atoms with Crippen molar-refractivity contribution in [3.8, 4) is 17.2 Å². The van der Waals surface area contributed by atoms with Crippen LogP contribution >= 0.6 is 0 Å². The quantitative estimate of drug-likeness (QED) is 0.537. The summed E-state index contributed by atoms with van der Waals surface area (Å²) in [7, 11) is 3.14. The fourth-order valence-corrected chi connectivity index (χ4v) is 3.75. The Bertz CT molecular complexity index is 1200. The van der Waals surface area contributed by atoms with E-state index in [2.05, 4.69) is 5.32 Å². The topological polar surface area (TPSA) is 77.1 Å². The van der Waals surface area contributed by atoms with E-state index in [1.807, 2.05) is 18.2 Å². The fourth-order valence-electron chi connectivity index (χ4n) is 3.75. The third-order valence-corrected chi connectivity index (χ3v) is 5.53. The number of amides is 2. The molecule has 0 radical (unpaired) electrons. The Kier molecular flexibility index (Phi) is 6.96. The minimum Gasteiger partial charge on any atom is -0.493 e. The number of benzene rings is 3. The molecule has 0 spiro atoms. The zero-order chi connectivity index (χ0) is 24.1. The van der Waals surface area contributed by atoms with Crippen molar-refractivity contribution in [1.29, 1.82) is 0 Å². The lowest BCUT2D eigenvalue weighted by molar-refractivity contribution is -0.121. The Morgan fingerprint density at radius 1 is 1.00 bits per heavy atom. The second kappa shape index (κ2) is 10.2. The first-order valence-electron chi connectivity index (χ1n) is 10.8. The number of carbonyl (C=O) groups is 2. The molecule has 0 atom stereocenters. The van der Waals surface area contributed by atoms with Gasteiger partial charge in [0.15, 0.2) is 18.1 Å². The van der Waals surface area contributed by atoms with E-state index < -0.39 is 0 Å². The molecule has 1 heterocycles. The lowest BCUT2D eigenvalue weighted by Gasteiger charge is -2.29. The lowest BCUT2D eigenvalue weighted by Crippen LogP contribution is -2.38. The molecule has 34 heavy (non-hydrogen) atoms. The predicted molar refractivity (Wildman–Crippen MR) is 126 cm³/mol. The van der Waals surface area contributed by atoms with Gasteiger partial charge in [-0.3, -0.25) is 9.59 Å². The molecule has 0 saturated carbocycles. The van der Waals surface area contributed by atoms with Crippen LogP contribution in [0.25, 0.3) is 0 Å². The van der Waals surface area contributed by atoms with Gasteiger partial charge in [-0.2, -0.15) is 0 Å². The molecule has 0 aromatic heterocycles. The number of nitrogens with one attached hydrogen (secondary N) is 1. The predicted octanol–water partition coefficient (Wildman–Crippen LogP) is 4.34. The van der Waals surface area contributed by atoms with Crippen molar-refractivity contribution in [2.75, 3.05) is 31.0 Å². The van der Waals surface area contributed by atoms with Crippen molar-refractivity contribution < 1.29 is 28.2 Å². The Morgan fingerprint density at radius 3 is 2.47 bits per heavy atom. The third kappa shape index (κ3) is 5.28. The van der Waals surface area contributed by atoms with Crippen molar-refractivity contribution in [3.63, 3.8) is 0 Å². The van der Waals surface area contributed by atoms with Gasteiger partial charge in [-0.15, -0.1) is 0 Å². The molecule has 3 aromatic carbocycles. The van der Waals surface area contributed by atoms with E-state index >= 15 is 0 Å². The molecule has 0 aliphatic carbocycles. The average Bonchev–Trinajstić information content (AvgIpc) is 2.85. The van der Waals surface area contributed by atoms with Gasteiger partial charge in [-0.05, 0) is 53.9 Å². The maximum absolute atomic E-state index is 13.2. The van der Waals surface area contributed by atoms with Crippen LogP contribution in [0.15, 0.2) is 60.7 Å². The summed E-state index contributed by atoms with van der Waals surface area (Å²) in [6.07, 6.45) is 0.816. The maximum atomic E-state index is 13.2. The number of carbonyl (C=O) groups excluding carboxylic acids is 2. The van der Waals surface area contributed by atoms with E-state index in [1.165, 1.54) is 12.1 Å². The van der Waals surface area contributed by atoms with Gasteiger partial charge in [0.2, 0.25) is 5.91 Å². The van der Waals surface area contributed by atoms with Crippen LogP contribution < -0.4 is 24.4 Å². The summed E-state index contributed by atoms with van der Waals surface area (Å²) in [6, 6.07) is 16.7. The number of methoxy groups -OCH3 is 2. The SMILES string of the molecule is COc1ccc(CCC(=O)Nc2ccc3c(c2)OCC(=O)N3Cc2ccc(F)cc2)cc1OC. The Labute approximate surface area is 197 Å². The van der Waals surface area contributed by atoms with Crippen molar-refractivity contribution >= 4 is 23.2 Å². The third-order valence-electron chi connectivity index (χ3n) is 5.53.